The van der Waals surface area contributed by atoms with E-state index in [1.165, 1.54) is 12.1 Å². The van der Waals surface area contributed by atoms with Crippen LogP contribution in [-0.2, 0) is 6.54 Å². The molecule has 0 aliphatic heterocycles. The van der Waals surface area contributed by atoms with Crippen molar-refractivity contribution in [2.45, 2.75) is 6.54 Å². The van der Waals surface area contributed by atoms with Crippen LogP contribution in [0.4, 0.5) is 0 Å². The first-order valence-electron chi connectivity index (χ1n) is 5.82. The predicted molar refractivity (Wildman–Crippen MR) is 77.8 cm³/mol. The molecule has 100 valence electrons. The quantitative estimate of drug-likeness (QED) is 0.826. The monoisotopic (exact) mass is 277 g/mol. The van der Waals surface area contributed by atoms with Gasteiger partial charge < -0.3 is 10.4 Å². The molecule has 2 aromatic rings. The Labute approximate surface area is 118 Å². The largest absolute Gasteiger partial charge is 0.508 e. The summed E-state index contributed by atoms with van der Waals surface area (Å²) in [4.78, 5) is 11.8. The van der Waals surface area contributed by atoms with Crippen LogP contribution in [-0.4, -0.2) is 17.4 Å². The second kappa shape index (κ2) is 7.56. The van der Waals surface area contributed by atoms with Crippen molar-refractivity contribution in [2.75, 3.05) is 6.54 Å². The normalized spacial score (nSPS) is 9.68. The van der Waals surface area contributed by atoms with Gasteiger partial charge in [0.25, 0.3) is 0 Å². The highest BCUT2D eigenvalue weighted by Gasteiger charge is 2.04. The lowest BCUT2D eigenvalue weighted by Gasteiger charge is -2.04. The average molecular weight is 278 g/mol. The molecule has 4 heteroatoms. The van der Waals surface area contributed by atoms with Gasteiger partial charge in [0.1, 0.15) is 5.75 Å². The van der Waals surface area contributed by atoms with Crippen molar-refractivity contribution in [3.05, 3.63) is 65.7 Å². The van der Waals surface area contributed by atoms with E-state index < -0.39 is 0 Å². The highest BCUT2D eigenvalue weighted by Crippen LogP contribution is 2.09. The van der Waals surface area contributed by atoms with Gasteiger partial charge in [-0.25, -0.2) is 0 Å². The maximum Gasteiger partial charge on any atom is 0.176 e. The van der Waals surface area contributed by atoms with Crippen LogP contribution in [0, 0.1) is 0 Å². The number of carbonyl (C=O) groups is 1. The molecule has 0 saturated heterocycles. The first-order valence-corrected chi connectivity index (χ1v) is 5.82. The molecule has 2 rings (SSSR count). The zero-order valence-electron chi connectivity index (χ0n) is 10.4. The van der Waals surface area contributed by atoms with Crippen molar-refractivity contribution < 1.29 is 9.90 Å². The predicted octanol–water partition coefficient (Wildman–Crippen LogP) is 2.79. The Kier molecular flexibility index (Phi) is 6.06. The molecule has 0 aliphatic rings. The molecule has 0 unspecified atom stereocenters. The summed E-state index contributed by atoms with van der Waals surface area (Å²) in [5.74, 6) is 0.190. The van der Waals surface area contributed by atoms with Gasteiger partial charge in [-0.15, -0.1) is 12.4 Å². The van der Waals surface area contributed by atoms with Gasteiger partial charge in [-0.3, -0.25) is 4.79 Å². The Morgan fingerprint density at radius 1 is 1.00 bits per heavy atom. The van der Waals surface area contributed by atoms with E-state index in [-0.39, 0.29) is 23.9 Å². The van der Waals surface area contributed by atoms with Crippen LogP contribution >= 0.6 is 12.4 Å². The van der Waals surface area contributed by atoms with Crippen molar-refractivity contribution in [1.82, 2.24) is 5.32 Å². The molecule has 3 nitrogen and oxygen atoms in total. The fraction of sp³-hybridized carbons (Fsp3) is 0.133. The number of Topliss-reactive ketones (excluding diaryl/α,β-unsaturated/α-hetero) is 1. The minimum atomic E-state index is 0. The molecule has 0 spiro atoms. The number of ketones is 1. The van der Waals surface area contributed by atoms with Gasteiger partial charge in [0.15, 0.2) is 5.78 Å². The second-order valence-electron chi connectivity index (χ2n) is 4.06. The molecular formula is C15H16ClNO2. The molecule has 0 aliphatic carbocycles. The van der Waals surface area contributed by atoms with Crippen LogP contribution in [0.15, 0.2) is 54.6 Å². The summed E-state index contributed by atoms with van der Waals surface area (Å²) in [7, 11) is 0. The first-order chi connectivity index (χ1) is 8.75. The van der Waals surface area contributed by atoms with Crippen LogP contribution in [0.1, 0.15) is 15.9 Å². The molecular weight excluding hydrogens is 262 g/mol. The number of nitrogens with one attached hydrogen (secondary N) is 1. The van der Waals surface area contributed by atoms with Crippen molar-refractivity contribution in [3.63, 3.8) is 0 Å². The molecule has 0 amide bonds. The SMILES string of the molecule is Cl.O=C(CNCc1ccccc1)c1ccc(O)cc1. The van der Waals surface area contributed by atoms with E-state index in [0.717, 1.165) is 5.56 Å². The zero-order valence-corrected chi connectivity index (χ0v) is 11.2. The molecule has 0 radical (unpaired) electrons. The minimum Gasteiger partial charge on any atom is -0.508 e. The molecule has 19 heavy (non-hydrogen) atoms. The third kappa shape index (κ3) is 4.73. The Balaban J connectivity index is 0.00000180. The van der Waals surface area contributed by atoms with Gasteiger partial charge in [0.2, 0.25) is 0 Å². The lowest BCUT2D eigenvalue weighted by Crippen LogP contribution is -2.22. The van der Waals surface area contributed by atoms with Crippen molar-refractivity contribution >= 4 is 18.2 Å². The standard InChI is InChI=1S/C15H15NO2.ClH/c17-14-8-6-13(7-9-14)15(18)11-16-10-12-4-2-1-3-5-12;/h1-9,16-17H,10-11H2;1H. The lowest BCUT2D eigenvalue weighted by atomic mass is 10.1. The summed E-state index contributed by atoms with van der Waals surface area (Å²) in [6, 6.07) is 16.2. The van der Waals surface area contributed by atoms with Crippen LogP contribution < -0.4 is 5.32 Å². The summed E-state index contributed by atoms with van der Waals surface area (Å²) in [5, 5.41) is 12.2. The molecule has 0 atom stereocenters. The number of phenols is 1. The molecule has 2 N–H and O–H groups in total. The number of hydrogen-bond acceptors (Lipinski definition) is 3. The fourth-order valence-electron chi connectivity index (χ4n) is 1.67. The van der Waals surface area contributed by atoms with E-state index in [1.807, 2.05) is 30.3 Å². The first kappa shape index (κ1) is 15.2. The van der Waals surface area contributed by atoms with Gasteiger partial charge in [0.05, 0.1) is 6.54 Å². The van der Waals surface area contributed by atoms with Gasteiger partial charge in [-0.1, -0.05) is 30.3 Å². The topological polar surface area (TPSA) is 49.3 Å². The molecule has 0 heterocycles. The zero-order chi connectivity index (χ0) is 12.8. The van der Waals surface area contributed by atoms with Crippen LogP contribution in [0.25, 0.3) is 0 Å². The van der Waals surface area contributed by atoms with E-state index >= 15 is 0 Å². The summed E-state index contributed by atoms with van der Waals surface area (Å²) >= 11 is 0. The van der Waals surface area contributed by atoms with Gasteiger partial charge >= 0.3 is 0 Å². The van der Waals surface area contributed by atoms with Crippen LogP contribution in [0.3, 0.4) is 0 Å². The summed E-state index contributed by atoms with van der Waals surface area (Å²) in [5.41, 5.74) is 1.75. The summed E-state index contributed by atoms with van der Waals surface area (Å²) in [6.45, 7) is 0.963. The Bertz CT molecular complexity index is 511. The number of rotatable bonds is 5. The molecule has 0 aromatic heterocycles. The van der Waals surface area contributed by atoms with E-state index in [0.29, 0.717) is 18.7 Å². The smallest absolute Gasteiger partial charge is 0.176 e. The minimum absolute atomic E-state index is 0. The highest BCUT2D eigenvalue weighted by atomic mass is 35.5. The molecule has 2 aromatic carbocycles. The van der Waals surface area contributed by atoms with Crippen molar-refractivity contribution in [3.8, 4) is 5.75 Å². The van der Waals surface area contributed by atoms with Crippen LogP contribution in [0.2, 0.25) is 0 Å². The number of benzene rings is 2. The Morgan fingerprint density at radius 2 is 1.63 bits per heavy atom. The van der Waals surface area contributed by atoms with E-state index in [9.17, 15) is 4.79 Å². The van der Waals surface area contributed by atoms with Crippen molar-refractivity contribution in [2.24, 2.45) is 0 Å². The highest BCUT2D eigenvalue weighted by molar-refractivity contribution is 5.97. The Hall–Kier alpha value is -1.84. The van der Waals surface area contributed by atoms with E-state index in [4.69, 9.17) is 5.11 Å². The Morgan fingerprint density at radius 3 is 2.26 bits per heavy atom. The maximum atomic E-state index is 11.8. The second-order valence-corrected chi connectivity index (χ2v) is 4.06. The fourth-order valence-corrected chi connectivity index (χ4v) is 1.67. The van der Waals surface area contributed by atoms with Gasteiger partial charge in [-0.05, 0) is 29.8 Å². The number of halogens is 1. The third-order valence-electron chi connectivity index (χ3n) is 2.65. The van der Waals surface area contributed by atoms with Gasteiger partial charge in [0, 0.05) is 12.1 Å². The number of hydrogen-bond donors (Lipinski definition) is 2. The average Bonchev–Trinajstić information content (AvgIpc) is 2.40. The summed E-state index contributed by atoms with van der Waals surface area (Å²) < 4.78 is 0. The summed E-state index contributed by atoms with van der Waals surface area (Å²) in [6.07, 6.45) is 0. The lowest BCUT2D eigenvalue weighted by molar-refractivity contribution is 0.0991. The van der Waals surface area contributed by atoms with E-state index in [2.05, 4.69) is 5.32 Å². The van der Waals surface area contributed by atoms with Crippen molar-refractivity contribution in [1.29, 1.82) is 0 Å². The van der Waals surface area contributed by atoms with E-state index in [1.54, 1.807) is 12.1 Å². The molecule has 0 fully saturated rings. The number of aromatic hydroxyl groups is 1. The molecule has 0 saturated carbocycles. The third-order valence-corrected chi connectivity index (χ3v) is 2.65. The molecule has 0 bridgehead atoms. The number of carbonyl (C=O) groups excluding carboxylic acids is 1. The maximum absolute atomic E-state index is 11.8. The van der Waals surface area contributed by atoms with Crippen LogP contribution in [0.5, 0.6) is 5.75 Å². The van der Waals surface area contributed by atoms with Gasteiger partial charge in [-0.2, -0.15) is 0 Å². The number of phenolic OH excluding ortho intramolecular Hbond substituents is 1.